The van der Waals surface area contributed by atoms with Crippen LogP contribution in [-0.4, -0.2) is 11.9 Å². The number of hydrogen-bond acceptors (Lipinski definition) is 1. The van der Waals surface area contributed by atoms with Crippen molar-refractivity contribution in [1.82, 2.24) is 5.32 Å². The fourth-order valence-corrected chi connectivity index (χ4v) is 3.18. The van der Waals surface area contributed by atoms with Gasteiger partial charge in [0, 0.05) is 18.5 Å². The minimum Gasteiger partial charge on any atom is -0.310 e. The van der Waals surface area contributed by atoms with E-state index in [9.17, 15) is 4.39 Å². The van der Waals surface area contributed by atoms with Crippen molar-refractivity contribution in [2.45, 2.75) is 31.8 Å². The molecule has 1 aliphatic carbocycles. The van der Waals surface area contributed by atoms with Gasteiger partial charge in [-0.3, -0.25) is 0 Å². The lowest BCUT2D eigenvalue weighted by Gasteiger charge is -2.19. The Balaban J connectivity index is 1.91. The van der Waals surface area contributed by atoms with Crippen molar-refractivity contribution in [2.75, 3.05) is 5.88 Å². The first-order valence-electron chi connectivity index (χ1n) is 5.94. The van der Waals surface area contributed by atoms with Crippen molar-refractivity contribution in [3.8, 4) is 0 Å². The van der Waals surface area contributed by atoms with Gasteiger partial charge in [-0.1, -0.05) is 12.5 Å². The molecule has 1 aliphatic rings. The second-order valence-corrected chi connectivity index (χ2v) is 5.74. The fraction of sp³-hybridized carbons (Fsp3) is 0.538. The van der Waals surface area contributed by atoms with Crippen molar-refractivity contribution in [2.24, 2.45) is 5.92 Å². The molecule has 94 valence electrons. The van der Waals surface area contributed by atoms with E-state index in [1.165, 1.54) is 25.3 Å². The van der Waals surface area contributed by atoms with Crippen molar-refractivity contribution < 1.29 is 4.39 Å². The molecule has 2 unspecified atom stereocenters. The van der Waals surface area contributed by atoms with Crippen LogP contribution in [-0.2, 0) is 6.54 Å². The van der Waals surface area contributed by atoms with Crippen LogP contribution in [0.1, 0.15) is 24.8 Å². The number of hydrogen-bond donors (Lipinski definition) is 1. The highest BCUT2D eigenvalue weighted by molar-refractivity contribution is 9.10. The van der Waals surface area contributed by atoms with Crippen LogP contribution in [0.3, 0.4) is 0 Å². The van der Waals surface area contributed by atoms with Gasteiger partial charge in [0.25, 0.3) is 0 Å². The summed E-state index contributed by atoms with van der Waals surface area (Å²) in [5.41, 5.74) is 1.10. The standard InChI is InChI=1S/C13H16BrClFN/c14-11-6-9(4-5-12(11)16)8-17-13-3-1-2-10(13)7-15/h4-6,10,13,17H,1-3,7-8H2. The lowest BCUT2D eigenvalue weighted by atomic mass is 10.1. The third-order valence-corrected chi connectivity index (χ3v) is 4.41. The van der Waals surface area contributed by atoms with E-state index in [1.807, 2.05) is 12.1 Å². The summed E-state index contributed by atoms with van der Waals surface area (Å²) in [5, 5.41) is 3.52. The summed E-state index contributed by atoms with van der Waals surface area (Å²) in [4.78, 5) is 0. The predicted octanol–water partition coefficient (Wildman–Crippen LogP) is 4.09. The number of alkyl halides is 1. The maximum atomic E-state index is 13.1. The zero-order valence-electron chi connectivity index (χ0n) is 9.56. The molecular weight excluding hydrogens is 305 g/mol. The maximum Gasteiger partial charge on any atom is 0.137 e. The van der Waals surface area contributed by atoms with Crippen LogP contribution in [0.15, 0.2) is 22.7 Å². The number of halogens is 3. The van der Waals surface area contributed by atoms with E-state index in [4.69, 9.17) is 11.6 Å². The van der Waals surface area contributed by atoms with Gasteiger partial charge < -0.3 is 5.32 Å². The molecule has 1 fully saturated rings. The van der Waals surface area contributed by atoms with Crippen LogP contribution in [0.2, 0.25) is 0 Å². The SMILES string of the molecule is Fc1ccc(CNC2CCCC2CCl)cc1Br. The molecule has 1 nitrogen and oxygen atoms in total. The van der Waals surface area contributed by atoms with Crippen LogP contribution in [0.5, 0.6) is 0 Å². The van der Waals surface area contributed by atoms with Crippen LogP contribution < -0.4 is 5.32 Å². The molecule has 2 rings (SSSR count). The van der Waals surface area contributed by atoms with Gasteiger partial charge in [0.1, 0.15) is 5.82 Å². The predicted molar refractivity (Wildman–Crippen MR) is 72.8 cm³/mol. The Morgan fingerprint density at radius 3 is 2.94 bits per heavy atom. The molecular formula is C13H16BrClFN. The molecule has 0 spiro atoms. The van der Waals surface area contributed by atoms with E-state index in [0.717, 1.165) is 18.0 Å². The second kappa shape index (κ2) is 6.17. The zero-order valence-corrected chi connectivity index (χ0v) is 11.9. The molecule has 0 amide bonds. The Labute approximate surface area is 115 Å². The molecule has 0 aliphatic heterocycles. The summed E-state index contributed by atoms with van der Waals surface area (Å²) >= 11 is 9.13. The topological polar surface area (TPSA) is 12.0 Å². The largest absolute Gasteiger partial charge is 0.310 e. The summed E-state index contributed by atoms with van der Waals surface area (Å²) in [6.07, 6.45) is 3.66. The lowest BCUT2D eigenvalue weighted by molar-refractivity contribution is 0.429. The first-order chi connectivity index (χ1) is 8.20. The third kappa shape index (κ3) is 3.43. The molecule has 0 radical (unpaired) electrons. The molecule has 0 heterocycles. The highest BCUT2D eigenvalue weighted by Gasteiger charge is 2.25. The van der Waals surface area contributed by atoms with E-state index in [0.29, 0.717) is 16.4 Å². The van der Waals surface area contributed by atoms with Gasteiger partial charge in [0.05, 0.1) is 4.47 Å². The van der Waals surface area contributed by atoms with Crippen LogP contribution in [0.25, 0.3) is 0 Å². The van der Waals surface area contributed by atoms with Gasteiger partial charge in [-0.25, -0.2) is 4.39 Å². The average Bonchev–Trinajstić information content (AvgIpc) is 2.78. The number of rotatable bonds is 4. The Hall–Kier alpha value is -0.120. The smallest absolute Gasteiger partial charge is 0.137 e. The highest BCUT2D eigenvalue weighted by Crippen LogP contribution is 2.27. The zero-order chi connectivity index (χ0) is 12.3. The molecule has 2 atom stereocenters. The van der Waals surface area contributed by atoms with E-state index in [-0.39, 0.29) is 5.82 Å². The Morgan fingerprint density at radius 2 is 2.24 bits per heavy atom. The lowest BCUT2D eigenvalue weighted by Crippen LogP contribution is -2.32. The Bertz CT molecular complexity index is 386. The van der Waals surface area contributed by atoms with Crippen LogP contribution in [0.4, 0.5) is 4.39 Å². The molecule has 1 aromatic carbocycles. The average molecular weight is 321 g/mol. The van der Waals surface area contributed by atoms with Gasteiger partial charge in [-0.2, -0.15) is 0 Å². The molecule has 1 N–H and O–H groups in total. The van der Waals surface area contributed by atoms with Crippen molar-refractivity contribution in [3.63, 3.8) is 0 Å². The number of benzene rings is 1. The Kier molecular flexibility index (Phi) is 4.83. The molecule has 0 aromatic heterocycles. The van der Waals surface area contributed by atoms with Gasteiger partial charge >= 0.3 is 0 Å². The van der Waals surface area contributed by atoms with Gasteiger partial charge in [0.2, 0.25) is 0 Å². The molecule has 1 aromatic rings. The van der Waals surface area contributed by atoms with Crippen LogP contribution >= 0.6 is 27.5 Å². The van der Waals surface area contributed by atoms with Crippen molar-refractivity contribution in [1.29, 1.82) is 0 Å². The fourth-order valence-electron chi connectivity index (χ4n) is 2.39. The molecule has 0 bridgehead atoms. The summed E-state index contributed by atoms with van der Waals surface area (Å²) in [6.45, 7) is 0.775. The van der Waals surface area contributed by atoms with Gasteiger partial charge in [-0.15, -0.1) is 11.6 Å². The first-order valence-corrected chi connectivity index (χ1v) is 7.26. The molecule has 17 heavy (non-hydrogen) atoms. The first kappa shape index (κ1) is 13.3. The normalized spacial score (nSPS) is 24.2. The van der Waals surface area contributed by atoms with Crippen LogP contribution in [0, 0.1) is 11.7 Å². The maximum absolute atomic E-state index is 13.1. The summed E-state index contributed by atoms with van der Waals surface area (Å²) in [5.74, 6) is 1.10. The minimum atomic E-state index is -0.215. The summed E-state index contributed by atoms with van der Waals surface area (Å²) in [6, 6.07) is 5.65. The van der Waals surface area contributed by atoms with Gasteiger partial charge in [-0.05, 0) is 52.4 Å². The highest BCUT2D eigenvalue weighted by atomic mass is 79.9. The quantitative estimate of drug-likeness (QED) is 0.824. The van der Waals surface area contributed by atoms with Gasteiger partial charge in [0.15, 0.2) is 0 Å². The van der Waals surface area contributed by atoms with E-state index in [2.05, 4.69) is 21.2 Å². The van der Waals surface area contributed by atoms with E-state index < -0.39 is 0 Å². The van der Waals surface area contributed by atoms with Crippen molar-refractivity contribution >= 4 is 27.5 Å². The number of nitrogens with one attached hydrogen (secondary N) is 1. The van der Waals surface area contributed by atoms with Crippen molar-refractivity contribution in [3.05, 3.63) is 34.1 Å². The summed E-state index contributed by atoms with van der Waals surface area (Å²) in [7, 11) is 0. The van der Waals surface area contributed by atoms with E-state index in [1.54, 1.807) is 0 Å². The molecule has 4 heteroatoms. The molecule has 1 saturated carbocycles. The Morgan fingerprint density at radius 1 is 1.41 bits per heavy atom. The minimum absolute atomic E-state index is 0.215. The monoisotopic (exact) mass is 319 g/mol. The summed E-state index contributed by atoms with van der Waals surface area (Å²) < 4.78 is 13.6. The molecule has 0 saturated heterocycles. The van der Waals surface area contributed by atoms with E-state index >= 15 is 0 Å². The second-order valence-electron chi connectivity index (χ2n) is 4.58. The third-order valence-electron chi connectivity index (χ3n) is 3.41.